The molecule has 0 aromatic carbocycles. The number of allylic oxidation sites excluding steroid dienone is 2. The van der Waals surface area contributed by atoms with Crippen LogP contribution in [0.2, 0.25) is 0 Å². The summed E-state index contributed by atoms with van der Waals surface area (Å²) in [6.45, 7) is 3.73. The molecule has 1 rings (SSSR count). The minimum absolute atomic E-state index is 0.0784. The van der Waals surface area contributed by atoms with Gasteiger partial charge < -0.3 is 10.2 Å². The minimum atomic E-state index is -1.04. The standard InChI is InChI=1S/C13H18O4/c1-3-4-5-13(12(16)17)7-9(2)6-10(8-13)11(14)15/h6-7H,3-5,8H2,1-2H3,(H,14,15)(H,16,17). The zero-order chi connectivity index (χ0) is 13.1. The fraction of sp³-hybridized carbons (Fsp3) is 0.538. The van der Waals surface area contributed by atoms with Crippen LogP contribution < -0.4 is 0 Å². The second-order valence-electron chi connectivity index (χ2n) is 4.60. The Hall–Kier alpha value is -1.58. The predicted octanol–water partition coefficient (Wildman–Crippen LogP) is 2.61. The maximum atomic E-state index is 11.4. The van der Waals surface area contributed by atoms with Crippen molar-refractivity contribution in [2.75, 3.05) is 0 Å². The highest BCUT2D eigenvalue weighted by atomic mass is 16.4. The van der Waals surface area contributed by atoms with E-state index in [-0.39, 0.29) is 12.0 Å². The largest absolute Gasteiger partial charge is 0.481 e. The lowest BCUT2D eigenvalue weighted by Gasteiger charge is -2.29. The number of hydrogen-bond acceptors (Lipinski definition) is 2. The fourth-order valence-electron chi connectivity index (χ4n) is 2.23. The number of aliphatic carboxylic acids is 2. The first kappa shape index (κ1) is 13.5. The van der Waals surface area contributed by atoms with Crippen molar-refractivity contribution >= 4 is 11.9 Å². The average molecular weight is 238 g/mol. The molecule has 0 spiro atoms. The summed E-state index contributed by atoms with van der Waals surface area (Å²) in [6, 6.07) is 0. The summed E-state index contributed by atoms with van der Waals surface area (Å²) >= 11 is 0. The van der Waals surface area contributed by atoms with E-state index in [1.54, 1.807) is 19.1 Å². The number of rotatable bonds is 5. The van der Waals surface area contributed by atoms with Crippen LogP contribution in [0.1, 0.15) is 39.5 Å². The van der Waals surface area contributed by atoms with E-state index in [1.807, 2.05) is 6.92 Å². The molecule has 1 aliphatic rings. The molecule has 0 saturated heterocycles. The summed E-state index contributed by atoms with van der Waals surface area (Å²) in [5, 5.41) is 18.4. The van der Waals surface area contributed by atoms with Crippen molar-refractivity contribution in [3.63, 3.8) is 0 Å². The summed E-state index contributed by atoms with van der Waals surface area (Å²) in [5.41, 5.74) is -0.140. The molecule has 0 fully saturated rings. The van der Waals surface area contributed by atoms with Crippen LogP contribution in [0.25, 0.3) is 0 Å². The molecule has 4 nitrogen and oxygen atoms in total. The second kappa shape index (κ2) is 5.17. The van der Waals surface area contributed by atoms with Crippen LogP contribution in [-0.4, -0.2) is 22.2 Å². The SMILES string of the molecule is CCCCC1(C(=O)O)C=C(C)C=C(C(=O)O)C1. The van der Waals surface area contributed by atoms with Gasteiger partial charge in [0.15, 0.2) is 0 Å². The molecule has 0 saturated carbocycles. The molecule has 1 aliphatic carbocycles. The van der Waals surface area contributed by atoms with E-state index in [4.69, 9.17) is 5.11 Å². The monoisotopic (exact) mass is 238 g/mol. The van der Waals surface area contributed by atoms with Gasteiger partial charge in [0, 0.05) is 5.57 Å². The molecule has 0 bridgehead atoms. The topological polar surface area (TPSA) is 74.6 Å². The number of carboxylic acid groups (broad SMARTS) is 2. The number of carbonyl (C=O) groups is 2. The van der Waals surface area contributed by atoms with Crippen molar-refractivity contribution in [1.82, 2.24) is 0 Å². The Labute approximate surface area is 101 Å². The molecule has 0 heterocycles. The molecule has 2 N–H and O–H groups in total. The van der Waals surface area contributed by atoms with Gasteiger partial charge in [-0.2, -0.15) is 0 Å². The smallest absolute Gasteiger partial charge is 0.331 e. The third-order valence-corrected chi connectivity index (χ3v) is 3.09. The average Bonchev–Trinajstić information content (AvgIpc) is 2.25. The minimum Gasteiger partial charge on any atom is -0.481 e. The van der Waals surface area contributed by atoms with Crippen LogP contribution in [0.3, 0.4) is 0 Å². The summed E-state index contributed by atoms with van der Waals surface area (Å²) in [6.07, 6.45) is 5.49. The van der Waals surface area contributed by atoms with E-state index in [9.17, 15) is 14.7 Å². The highest BCUT2D eigenvalue weighted by Gasteiger charge is 2.39. The van der Waals surface area contributed by atoms with E-state index in [0.29, 0.717) is 12.0 Å². The van der Waals surface area contributed by atoms with Crippen molar-refractivity contribution < 1.29 is 19.8 Å². The Morgan fingerprint density at radius 3 is 2.53 bits per heavy atom. The molecule has 94 valence electrons. The first-order valence-electron chi connectivity index (χ1n) is 5.78. The molecule has 0 aromatic rings. The third kappa shape index (κ3) is 2.96. The molecular weight excluding hydrogens is 220 g/mol. The van der Waals surface area contributed by atoms with Gasteiger partial charge in [-0.15, -0.1) is 0 Å². The second-order valence-corrected chi connectivity index (χ2v) is 4.60. The number of hydrogen-bond donors (Lipinski definition) is 2. The normalized spacial score (nSPS) is 23.9. The lowest BCUT2D eigenvalue weighted by atomic mass is 9.73. The highest BCUT2D eigenvalue weighted by Crippen LogP contribution is 2.39. The zero-order valence-corrected chi connectivity index (χ0v) is 10.2. The predicted molar refractivity (Wildman–Crippen MR) is 63.7 cm³/mol. The van der Waals surface area contributed by atoms with E-state index in [1.165, 1.54) is 0 Å². The Kier molecular flexibility index (Phi) is 4.10. The first-order valence-corrected chi connectivity index (χ1v) is 5.78. The summed E-state index contributed by atoms with van der Waals surface area (Å²) in [7, 11) is 0. The highest BCUT2D eigenvalue weighted by molar-refractivity contribution is 5.90. The van der Waals surface area contributed by atoms with Crippen molar-refractivity contribution in [3.05, 3.63) is 23.3 Å². The van der Waals surface area contributed by atoms with Crippen molar-refractivity contribution in [2.45, 2.75) is 39.5 Å². The van der Waals surface area contributed by atoms with E-state index in [0.717, 1.165) is 12.8 Å². The van der Waals surface area contributed by atoms with Gasteiger partial charge in [-0.1, -0.05) is 31.4 Å². The third-order valence-electron chi connectivity index (χ3n) is 3.09. The molecule has 0 aliphatic heterocycles. The molecule has 4 heteroatoms. The van der Waals surface area contributed by atoms with Gasteiger partial charge in [0.05, 0.1) is 5.41 Å². The van der Waals surface area contributed by atoms with Crippen LogP contribution in [0.15, 0.2) is 23.3 Å². The van der Waals surface area contributed by atoms with Crippen LogP contribution in [0, 0.1) is 5.41 Å². The van der Waals surface area contributed by atoms with Crippen molar-refractivity contribution in [1.29, 1.82) is 0 Å². The molecule has 17 heavy (non-hydrogen) atoms. The lowest BCUT2D eigenvalue weighted by Crippen LogP contribution is -2.32. The quantitative estimate of drug-likeness (QED) is 0.772. The van der Waals surface area contributed by atoms with Gasteiger partial charge >= 0.3 is 11.9 Å². The van der Waals surface area contributed by atoms with Crippen LogP contribution in [-0.2, 0) is 9.59 Å². The Bertz CT molecular complexity index is 392. The molecule has 0 amide bonds. The van der Waals surface area contributed by atoms with Crippen LogP contribution in [0.4, 0.5) is 0 Å². The molecule has 0 radical (unpaired) electrons. The lowest BCUT2D eigenvalue weighted by molar-refractivity contribution is -0.146. The van der Waals surface area contributed by atoms with Crippen molar-refractivity contribution in [2.24, 2.45) is 5.41 Å². The van der Waals surface area contributed by atoms with Gasteiger partial charge in [-0.05, 0) is 25.8 Å². The Morgan fingerprint density at radius 2 is 2.06 bits per heavy atom. The van der Waals surface area contributed by atoms with Crippen LogP contribution >= 0.6 is 0 Å². The number of carboxylic acids is 2. The zero-order valence-electron chi connectivity index (χ0n) is 10.2. The Morgan fingerprint density at radius 1 is 1.41 bits per heavy atom. The molecule has 1 atom stereocenters. The first-order chi connectivity index (χ1) is 7.91. The molecular formula is C13H18O4. The summed E-state index contributed by atoms with van der Waals surface area (Å²) in [4.78, 5) is 22.4. The van der Waals surface area contributed by atoms with Gasteiger partial charge in [-0.3, -0.25) is 4.79 Å². The van der Waals surface area contributed by atoms with Gasteiger partial charge in [0.25, 0.3) is 0 Å². The van der Waals surface area contributed by atoms with Gasteiger partial charge in [0.2, 0.25) is 0 Å². The van der Waals surface area contributed by atoms with E-state index in [2.05, 4.69) is 0 Å². The Balaban J connectivity index is 3.05. The molecule has 0 aromatic heterocycles. The van der Waals surface area contributed by atoms with Crippen LogP contribution in [0.5, 0.6) is 0 Å². The van der Waals surface area contributed by atoms with Gasteiger partial charge in [-0.25, -0.2) is 4.79 Å². The summed E-state index contributed by atoms with van der Waals surface area (Å²) in [5.74, 6) is -1.96. The summed E-state index contributed by atoms with van der Waals surface area (Å²) < 4.78 is 0. The fourth-order valence-corrected chi connectivity index (χ4v) is 2.23. The van der Waals surface area contributed by atoms with E-state index >= 15 is 0 Å². The van der Waals surface area contributed by atoms with E-state index < -0.39 is 17.4 Å². The van der Waals surface area contributed by atoms with Crippen molar-refractivity contribution in [3.8, 4) is 0 Å². The molecule has 1 unspecified atom stereocenters. The maximum absolute atomic E-state index is 11.4. The van der Waals surface area contributed by atoms with Gasteiger partial charge in [0.1, 0.15) is 0 Å². The number of unbranched alkanes of at least 4 members (excludes halogenated alkanes) is 1. The maximum Gasteiger partial charge on any atom is 0.331 e.